The minimum atomic E-state index is -0.175. The molecular weight excluding hydrogens is 244 g/mol. The van der Waals surface area contributed by atoms with Crippen molar-refractivity contribution in [2.75, 3.05) is 46.3 Å². The Labute approximate surface area is 115 Å². The highest BCUT2D eigenvalue weighted by atomic mass is 16.2. The van der Waals surface area contributed by atoms with Crippen molar-refractivity contribution < 1.29 is 19.8 Å². The zero-order chi connectivity index (χ0) is 14.5. The van der Waals surface area contributed by atoms with Crippen LogP contribution in [0.15, 0.2) is 0 Å². The summed E-state index contributed by atoms with van der Waals surface area (Å²) in [6.07, 6.45) is 0. The van der Waals surface area contributed by atoms with Crippen LogP contribution in [0.4, 0.5) is 0 Å². The fourth-order valence-corrected chi connectivity index (χ4v) is 2.24. The highest BCUT2D eigenvalue weighted by molar-refractivity contribution is 5.78. The first-order valence-electron chi connectivity index (χ1n) is 7.02. The van der Waals surface area contributed by atoms with E-state index in [1.807, 2.05) is 38.0 Å². The van der Waals surface area contributed by atoms with Crippen molar-refractivity contribution in [3.8, 4) is 0 Å². The lowest BCUT2D eigenvalue weighted by Crippen LogP contribution is -3.16. The van der Waals surface area contributed by atoms with Crippen molar-refractivity contribution in [3.63, 3.8) is 0 Å². The summed E-state index contributed by atoms with van der Waals surface area (Å²) in [5, 5.41) is 4.86. The van der Waals surface area contributed by atoms with Crippen LogP contribution in [0.5, 0.6) is 0 Å². The van der Waals surface area contributed by atoms with Gasteiger partial charge in [0.05, 0.1) is 33.2 Å². The Balaban J connectivity index is 2.30. The Morgan fingerprint density at radius 2 is 1.84 bits per heavy atom. The molecule has 2 amide bonds. The molecule has 1 aliphatic rings. The molecular formula is C13H28N4O2+2. The van der Waals surface area contributed by atoms with Crippen LogP contribution in [-0.4, -0.2) is 68.6 Å². The standard InChI is InChI=1S/C13H26N4O2/c1-13(2,3)15-11(18)10-16-5-7-17(8-6-16)12(19)9-14-4/h14H,5-10H2,1-4H3,(H,15,18)/p+2. The van der Waals surface area contributed by atoms with Gasteiger partial charge >= 0.3 is 0 Å². The van der Waals surface area contributed by atoms with Crippen molar-refractivity contribution in [2.45, 2.75) is 26.3 Å². The number of nitrogens with two attached hydrogens (primary N) is 1. The number of hydrogen-bond acceptors (Lipinski definition) is 2. The second-order valence-corrected chi connectivity index (χ2v) is 6.22. The Bertz CT molecular complexity index is 317. The van der Waals surface area contributed by atoms with Gasteiger partial charge in [-0.3, -0.25) is 9.59 Å². The molecule has 6 nitrogen and oxygen atoms in total. The van der Waals surface area contributed by atoms with Crippen molar-refractivity contribution >= 4 is 11.8 Å². The maximum Gasteiger partial charge on any atom is 0.278 e. The molecule has 1 heterocycles. The molecule has 6 heteroatoms. The zero-order valence-electron chi connectivity index (χ0n) is 12.6. The average molecular weight is 272 g/mol. The summed E-state index contributed by atoms with van der Waals surface area (Å²) in [5.41, 5.74) is -0.175. The van der Waals surface area contributed by atoms with E-state index in [4.69, 9.17) is 0 Å². The second-order valence-electron chi connectivity index (χ2n) is 6.22. The van der Waals surface area contributed by atoms with Gasteiger partial charge in [-0.2, -0.15) is 0 Å². The predicted molar refractivity (Wildman–Crippen MR) is 72.8 cm³/mol. The van der Waals surface area contributed by atoms with Gasteiger partial charge in [-0.1, -0.05) is 0 Å². The van der Waals surface area contributed by atoms with Gasteiger partial charge in [0.1, 0.15) is 0 Å². The molecule has 110 valence electrons. The van der Waals surface area contributed by atoms with E-state index >= 15 is 0 Å². The minimum absolute atomic E-state index is 0.0872. The van der Waals surface area contributed by atoms with Gasteiger partial charge in [-0.25, -0.2) is 0 Å². The molecule has 1 aliphatic heterocycles. The molecule has 0 radical (unpaired) electrons. The third-order valence-corrected chi connectivity index (χ3v) is 3.13. The van der Waals surface area contributed by atoms with Gasteiger partial charge < -0.3 is 20.4 Å². The lowest BCUT2D eigenvalue weighted by molar-refractivity contribution is -0.896. The van der Waals surface area contributed by atoms with E-state index in [9.17, 15) is 9.59 Å². The van der Waals surface area contributed by atoms with Crippen LogP contribution in [0, 0.1) is 0 Å². The summed E-state index contributed by atoms with van der Waals surface area (Å²) in [4.78, 5) is 26.7. The maximum atomic E-state index is 11.8. The van der Waals surface area contributed by atoms with E-state index in [1.54, 1.807) is 0 Å². The van der Waals surface area contributed by atoms with Crippen LogP contribution >= 0.6 is 0 Å². The van der Waals surface area contributed by atoms with Gasteiger partial charge in [-0.15, -0.1) is 0 Å². The van der Waals surface area contributed by atoms with Gasteiger partial charge in [-0.05, 0) is 20.8 Å². The molecule has 0 unspecified atom stereocenters. The van der Waals surface area contributed by atoms with Crippen LogP contribution in [-0.2, 0) is 9.59 Å². The molecule has 0 bridgehead atoms. The van der Waals surface area contributed by atoms with Crippen molar-refractivity contribution in [2.24, 2.45) is 0 Å². The molecule has 0 spiro atoms. The second kappa shape index (κ2) is 6.86. The first kappa shape index (κ1) is 15.9. The molecule has 1 saturated heterocycles. The van der Waals surface area contributed by atoms with Crippen LogP contribution in [0.3, 0.4) is 0 Å². The van der Waals surface area contributed by atoms with E-state index in [1.165, 1.54) is 4.90 Å². The molecule has 0 atom stereocenters. The maximum absolute atomic E-state index is 11.8. The van der Waals surface area contributed by atoms with E-state index in [2.05, 4.69) is 5.32 Å². The molecule has 1 rings (SSSR count). The van der Waals surface area contributed by atoms with Crippen molar-refractivity contribution in [3.05, 3.63) is 0 Å². The number of amides is 2. The SMILES string of the molecule is C[NH2+]CC(=O)N1CC[NH+](CC(=O)NC(C)(C)C)CC1. The number of carbonyl (C=O) groups is 2. The van der Waals surface area contributed by atoms with E-state index < -0.39 is 0 Å². The minimum Gasteiger partial charge on any atom is -0.347 e. The molecule has 19 heavy (non-hydrogen) atoms. The summed E-state index contributed by atoms with van der Waals surface area (Å²) in [7, 11) is 1.90. The van der Waals surface area contributed by atoms with Crippen molar-refractivity contribution in [1.29, 1.82) is 0 Å². The third-order valence-electron chi connectivity index (χ3n) is 3.13. The normalized spacial score (nSPS) is 17.4. The van der Waals surface area contributed by atoms with E-state index in [0.29, 0.717) is 13.1 Å². The number of rotatable bonds is 4. The fraction of sp³-hybridized carbons (Fsp3) is 0.846. The zero-order valence-corrected chi connectivity index (χ0v) is 12.6. The van der Waals surface area contributed by atoms with E-state index in [-0.39, 0.29) is 17.4 Å². The van der Waals surface area contributed by atoms with Gasteiger partial charge in [0, 0.05) is 5.54 Å². The lowest BCUT2D eigenvalue weighted by atomic mass is 10.1. The summed E-state index contributed by atoms with van der Waals surface area (Å²) in [5.74, 6) is 0.282. The molecule has 0 aliphatic carbocycles. The van der Waals surface area contributed by atoms with Gasteiger partial charge in [0.2, 0.25) is 0 Å². The predicted octanol–water partition coefficient (Wildman–Crippen LogP) is -3.18. The van der Waals surface area contributed by atoms with Crippen LogP contribution in [0.25, 0.3) is 0 Å². The summed E-state index contributed by atoms with van der Waals surface area (Å²) in [6.45, 7) is 10.2. The number of carbonyl (C=O) groups excluding carboxylic acids is 2. The Morgan fingerprint density at radius 3 is 2.32 bits per heavy atom. The topological polar surface area (TPSA) is 70.5 Å². The number of likely N-dealkylation sites (N-methyl/N-ethyl adjacent to an activating group) is 1. The summed E-state index contributed by atoms with van der Waals surface area (Å²) in [6, 6.07) is 0. The van der Waals surface area contributed by atoms with Crippen LogP contribution in [0.2, 0.25) is 0 Å². The first-order valence-corrected chi connectivity index (χ1v) is 7.02. The van der Waals surface area contributed by atoms with Crippen LogP contribution < -0.4 is 15.5 Å². The summed E-state index contributed by atoms with van der Waals surface area (Å²) < 4.78 is 0. The average Bonchev–Trinajstić information content (AvgIpc) is 2.27. The van der Waals surface area contributed by atoms with Gasteiger partial charge in [0.15, 0.2) is 13.1 Å². The number of quaternary nitrogens is 2. The monoisotopic (exact) mass is 272 g/mol. The molecule has 4 N–H and O–H groups in total. The lowest BCUT2D eigenvalue weighted by Gasteiger charge is -2.32. The molecule has 1 fully saturated rings. The molecule has 0 aromatic carbocycles. The largest absolute Gasteiger partial charge is 0.347 e. The van der Waals surface area contributed by atoms with Crippen LogP contribution in [0.1, 0.15) is 20.8 Å². The van der Waals surface area contributed by atoms with Gasteiger partial charge in [0.25, 0.3) is 11.8 Å². The number of hydrogen-bond donors (Lipinski definition) is 3. The Morgan fingerprint density at radius 1 is 1.26 bits per heavy atom. The molecule has 0 aromatic heterocycles. The number of piperazine rings is 1. The highest BCUT2D eigenvalue weighted by Gasteiger charge is 2.26. The summed E-state index contributed by atoms with van der Waals surface area (Å²) >= 11 is 0. The fourth-order valence-electron chi connectivity index (χ4n) is 2.24. The Kier molecular flexibility index (Phi) is 5.75. The molecule has 0 aromatic rings. The number of nitrogens with zero attached hydrogens (tertiary/aromatic N) is 1. The van der Waals surface area contributed by atoms with Crippen molar-refractivity contribution in [1.82, 2.24) is 10.2 Å². The highest BCUT2D eigenvalue weighted by Crippen LogP contribution is 1.97. The first-order chi connectivity index (χ1) is 8.81. The quantitative estimate of drug-likeness (QED) is 0.505. The molecule has 0 saturated carbocycles. The Hall–Kier alpha value is -1.14. The number of nitrogens with one attached hydrogen (secondary N) is 2. The third kappa shape index (κ3) is 6.02. The smallest absolute Gasteiger partial charge is 0.278 e. The van der Waals surface area contributed by atoms with E-state index in [0.717, 1.165) is 26.2 Å².